The van der Waals surface area contributed by atoms with Gasteiger partial charge >= 0.3 is 0 Å². The van der Waals surface area contributed by atoms with E-state index in [-0.39, 0.29) is 11.5 Å². The van der Waals surface area contributed by atoms with E-state index in [0.717, 1.165) is 19.3 Å². The maximum absolute atomic E-state index is 12.0. The molecule has 0 aliphatic heterocycles. The average molecular weight is 282 g/mol. The van der Waals surface area contributed by atoms with Gasteiger partial charge in [-0.2, -0.15) is 0 Å². The van der Waals surface area contributed by atoms with Crippen molar-refractivity contribution in [3.8, 4) is 11.8 Å². The summed E-state index contributed by atoms with van der Waals surface area (Å²) in [7, 11) is -3.53. The van der Waals surface area contributed by atoms with E-state index >= 15 is 0 Å². The molecule has 0 radical (unpaired) electrons. The maximum atomic E-state index is 12.0. The lowest BCUT2D eigenvalue weighted by atomic mass is 10.3. The topological polar surface area (TPSA) is 79.3 Å². The minimum Gasteiger partial charge on any atom is -0.384 e. The Hall–Kier alpha value is -1.42. The van der Waals surface area contributed by atoms with E-state index in [4.69, 9.17) is 5.11 Å². The van der Waals surface area contributed by atoms with Gasteiger partial charge in [-0.15, -0.1) is 0 Å². The van der Waals surface area contributed by atoms with Gasteiger partial charge in [0.1, 0.15) is 11.5 Å². The minimum absolute atomic E-state index is 0.0914. The number of unbranched alkanes of at least 4 members (excludes halogenated alkanes) is 2. The number of pyridine rings is 1. The van der Waals surface area contributed by atoms with Crippen molar-refractivity contribution in [2.45, 2.75) is 31.1 Å². The number of hydrogen-bond donors (Lipinski definition) is 2. The van der Waals surface area contributed by atoms with Gasteiger partial charge < -0.3 is 5.11 Å². The van der Waals surface area contributed by atoms with Gasteiger partial charge in [-0.05, 0) is 12.5 Å². The van der Waals surface area contributed by atoms with Crippen LogP contribution in [0.3, 0.4) is 0 Å². The molecule has 0 bridgehead atoms. The molecule has 19 heavy (non-hydrogen) atoms. The molecule has 0 aromatic carbocycles. The van der Waals surface area contributed by atoms with E-state index in [0.29, 0.717) is 12.1 Å². The fraction of sp³-hybridized carbons (Fsp3) is 0.462. The number of nitrogens with one attached hydrogen (secondary N) is 1. The van der Waals surface area contributed by atoms with Crippen LogP contribution in [0.5, 0.6) is 0 Å². The summed E-state index contributed by atoms with van der Waals surface area (Å²) in [6.45, 7) is 2.21. The molecule has 0 atom stereocenters. The van der Waals surface area contributed by atoms with Crippen LogP contribution in [0.25, 0.3) is 0 Å². The van der Waals surface area contributed by atoms with Gasteiger partial charge in [0, 0.05) is 24.5 Å². The number of sulfonamides is 1. The van der Waals surface area contributed by atoms with Gasteiger partial charge in [-0.3, -0.25) is 4.98 Å². The summed E-state index contributed by atoms with van der Waals surface area (Å²) in [6, 6.07) is 1.44. The van der Waals surface area contributed by atoms with Crippen LogP contribution in [0, 0.1) is 11.8 Å². The summed E-state index contributed by atoms with van der Waals surface area (Å²) in [5.74, 6) is 5.08. The van der Waals surface area contributed by atoms with Crippen LogP contribution in [-0.4, -0.2) is 31.7 Å². The molecule has 1 rings (SSSR count). The zero-order valence-electron chi connectivity index (χ0n) is 10.9. The lowest BCUT2D eigenvalue weighted by Crippen LogP contribution is -2.25. The molecule has 6 heteroatoms. The molecule has 2 N–H and O–H groups in total. The Bertz CT molecular complexity index is 559. The van der Waals surface area contributed by atoms with E-state index in [1.807, 2.05) is 0 Å². The van der Waals surface area contributed by atoms with E-state index in [1.54, 1.807) is 0 Å². The average Bonchev–Trinajstić information content (AvgIpc) is 2.42. The molecule has 5 nitrogen and oxygen atoms in total. The van der Waals surface area contributed by atoms with Crippen molar-refractivity contribution in [3.05, 3.63) is 24.0 Å². The van der Waals surface area contributed by atoms with Crippen molar-refractivity contribution in [1.82, 2.24) is 9.71 Å². The Morgan fingerprint density at radius 3 is 2.84 bits per heavy atom. The van der Waals surface area contributed by atoms with Crippen LogP contribution in [0.4, 0.5) is 0 Å². The van der Waals surface area contributed by atoms with Crippen LogP contribution in [0.15, 0.2) is 23.4 Å². The predicted octanol–water partition coefficient (Wildman–Crippen LogP) is 0.894. The second-order valence-corrected chi connectivity index (χ2v) is 5.74. The second kappa shape index (κ2) is 7.89. The highest BCUT2D eigenvalue weighted by atomic mass is 32.2. The Morgan fingerprint density at radius 1 is 1.37 bits per heavy atom. The Balaban J connectivity index is 2.77. The van der Waals surface area contributed by atoms with Gasteiger partial charge in [0.2, 0.25) is 10.0 Å². The normalized spacial score (nSPS) is 10.8. The van der Waals surface area contributed by atoms with Crippen molar-refractivity contribution in [2.24, 2.45) is 0 Å². The van der Waals surface area contributed by atoms with Crippen molar-refractivity contribution < 1.29 is 13.5 Å². The predicted molar refractivity (Wildman–Crippen MR) is 72.9 cm³/mol. The van der Waals surface area contributed by atoms with Crippen LogP contribution >= 0.6 is 0 Å². The Morgan fingerprint density at radius 2 is 2.16 bits per heavy atom. The second-order valence-electron chi connectivity index (χ2n) is 3.97. The number of rotatable bonds is 6. The highest BCUT2D eigenvalue weighted by molar-refractivity contribution is 7.89. The number of hydrogen-bond acceptors (Lipinski definition) is 4. The molecule has 0 unspecified atom stereocenters. The standard InChI is InChI=1S/C13H18N2O3S/c1-2-3-4-7-15-19(17,18)13-9-12(6-5-8-16)10-14-11-13/h9-11,15-16H,2-4,7-8H2,1H3. The summed E-state index contributed by atoms with van der Waals surface area (Å²) < 4.78 is 26.5. The van der Waals surface area contributed by atoms with Gasteiger partial charge in [0.25, 0.3) is 0 Å². The van der Waals surface area contributed by atoms with Gasteiger partial charge in [-0.1, -0.05) is 31.6 Å². The third-order valence-corrected chi connectivity index (χ3v) is 3.84. The molecule has 0 spiro atoms. The number of aliphatic hydroxyl groups is 1. The molecule has 0 fully saturated rings. The van der Waals surface area contributed by atoms with Crippen molar-refractivity contribution in [2.75, 3.05) is 13.2 Å². The van der Waals surface area contributed by atoms with E-state index in [1.165, 1.54) is 18.5 Å². The van der Waals surface area contributed by atoms with Crippen LogP contribution in [0.1, 0.15) is 31.7 Å². The molecule has 0 saturated heterocycles. The van der Waals surface area contributed by atoms with Crippen LogP contribution < -0.4 is 4.72 Å². The highest BCUT2D eigenvalue weighted by Gasteiger charge is 2.13. The molecule has 0 aliphatic rings. The highest BCUT2D eigenvalue weighted by Crippen LogP contribution is 2.09. The van der Waals surface area contributed by atoms with Gasteiger partial charge in [-0.25, -0.2) is 13.1 Å². The summed E-state index contributed by atoms with van der Waals surface area (Å²) >= 11 is 0. The first-order valence-electron chi connectivity index (χ1n) is 6.14. The Kier molecular flexibility index (Phi) is 6.50. The summed E-state index contributed by atoms with van der Waals surface area (Å²) in [4.78, 5) is 3.94. The lowest BCUT2D eigenvalue weighted by molar-refractivity contribution is 0.350. The zero-order valence-corrected chi connectivity index (χ0v) is 11.7. The molecule has 1 aromatic heterocycles. The number of aliphatic hydroxyl groups excluding tert-OH is 1. The number of aromatic nitrogens is 1. The van der Waals surface area contributed by atoms with Crippen LogP contribution in [0.2, 0.25) is 0 Å². The maximum Gasteiger partial charge on any atom is 0.242 e. The molecular weight excluding hydrogens is 264 g/mol. The SMILES string of the molecule is CCCCCNS(=O)(=O)c1cncc(C#CCO)c1. The monoisotopic (exact) mass is 282 g/mol. The molecule has 1 aromatic rings. The first-order chi connectivity index (χ1) is 9.10. The number of nitrogens with zero attached hydrogens (tertiary/aromatic N) is 1. The van der Waals surface area contributed by atoms with Crippen molar-refractivity contribution in [3.63, 3.8) is 0 Å². The Labute approximate surface area is 114 Å². The fourth-order valence-corrected chi connectivity index (χ4v) is 2.50. The minimum atomic E-state index is -3.53. The first kappa shape index (κ1) is 15.6. The molecule has 0 saturated carbocycles. The first-order valence-corrected chi connectivity index (χ1v) is 7.63. The molecule has 0 amide bonds. The largest absolute Gasteiger partial charge is 0.384 e. The van der Waals surface area contributed by atoms with E-state index in [9.17, 15) is 8.42 Å². The van der Waals surface area contributed by atoms with Gasteiger partial charge in [0.05, 0.1) is 0 Å². The third kappa shape index (κ3) is 5.39. The summed E-state index contributed by atoms with van der Waals surface area (Å²) in [5, 5.41) is 8.60. The quantitative estimate of drug-likeness (QED) is 0.600. The summed E-state index contributed by atoms with van der Waals surface area (Å²) in [6.07, 6.45) is 5.58. The molecule has 104 valence electrons. The van der Waals surface area contributed by atoms with Gasteiger partial charge in [0.15, 0.2) is 0 Å². The third-order valence-electron chi connectivity index (χ3n) is 2.41. The smallest absolute Gasteiger partial charge is 0.242 e. The molecule has 0 aliphatic carbocycles. The molecule has 1 heterocycles. The molecular formula is C13H18N2O3S. The zero-order chi connectivity index (χ0) is 14.1. The van der Waals surface area contributed by atoms with E-state index in [2.05, 4.69) is 28.5 Å². The van der Waals surface area contributed by atoms with E-state index < -0.39 is 10.0 Å². The summed E-state index contributed by atoms with van der Waals surface area (Å²) in [5.41, 5.74) is 0.463. The fourth-order valence-electron chi connectivity index (χ4n) is 1.44. The lowest BCUT2D eigenvalue weighted by Gasteiger charge is -2.06. The van der Waals surface area contributed by atoms with Crippen molar-refractivity contribution >= 4 is 10.0 Å². The van der Waals surface area contributed by atoms with Crippen LogP contribution in [-0.2, 0) is 10.0 Å². The van der Waals surface area contributed by atoms with Crippen molar-refractivity contribution in [1.29, 1.82) is 0 Å².